The SMILES string of the molecule is COc1ccc(C[C@H](N)CNc2ccc(-c3ccc4cnccc4c3)o2)cc1. The molecule has 5 heteroatoms. The van der Waals surface area contributed by atoms with E-state index < -0.39 is 0 Å². The van der Waals surface area contributed by atoms with Crippen LogP contribution in [0, 0.1) is 0 Å². The van der Waals surface area contributed by atoms with Gasteiger partial charge in [0.25, 0.3) is 0 Å². The van der Waals surface area contributed by atoms with Gasteiger partial charge in [-0.25, -0.2) is 0 Å². The van der Waals surface area contributed by atoms with E-state index in [1.54, 1.807) is 13.3 Å². The third-order valence-electron chi connectivity index (χ3n) is 4.73. The molecule has 0 saturated carbocycles. The van der Waals surface area contributed by atoms with Gasteiger partial charge in [-0.3, -0.25) is 4.98 Å². The number of nitrogens with zero attached hydrogens (tertiary/aromatic N) is 1. The first kappa shape index (κ1) is 18.1. The van der Waals surface area contributed by atoms with Crippen molar-refractivity contribution in [1.82, 2.24) is 4.98 Å². The molecule has 0 aliphatic rings. The Morgan fingerprint density at radius 3 is 2.71 bits per heavy atom. The summed E-state index contributed by atoms with van der Waals surface area (Å²) in [5, 5.41) is 5.54. The van der Waals surface area contributed by atoms with E-state index in [1.807, 2.05) is 54.7 Å². The predicted molar refractivity (Wildman–Crippen MR) is 113 cm³/mol. The fraction of sp³-hybridized carbons (Fsp3) is 0.174. The second-order valence-electron chi connectivity index (χ2n) is 6.79. The van der Waals surface area contributed by atoms with Crippen LogP contribution in [0.1, 0.15) is 5.56 Å². The van der Waals surface area contributed by atoms with Crippen LogP contribution in [0.25, 0.3) is 22.1 Å². The van der Waals surface area contributed by atoms with Gasteiger partial charge in [0.1, 0.15) is 11.5 Å². The molecular weight excluding hydrogens is 350 g/mol. The first-order chi connectivity index (χ1) is 13.7. The van der Waals surface area contributed by atoms with E-state index in [0.29, 0.717) is 6.54 Å². The molecule has 2 aromatic carbocycles. The Morgan fingerprint density at radius 2 is 1.89 bits per heavy atom. The minimum absolute atomic E-state index is 0.0184. The molecule has 0 fully saturated rings. The first-order valence-corrected chi connectivity index (χ1v) is 9.27. The molecule has 0 aliphatic carbocycles. The van der Waals surface area contributed by atoms with Gasteiger partial charge in [0, 0.05) is 42.0 Å². The van der Waals surface area contributed by atoms with Crippen molar-refractivity contribution >= 4 is 16.7 Å². The number of ether oxygens (including phenoxy) is 1. The molecule has 0 amide bonds. The number of pyridine rings is 1. The maximum atomic E-state index is 6.26. The van der Waals surface area contributed by atoms with Crippen LogP contribution in [0.4, 0.5) is 5.88 Å². The first-order valence-electron chi connectivity index (χ1n) is 9.27. The minimum Gasteiger partial charge on any atom is -0.497 e. The molecule has 0 radical (unpaired) electrons. The highest BCUT2D eigenvalue weighted by Gasteiger charge is 2.08. The van der Waals surface area contributed by atoms with E-state index in [-0.39, 0.29) is 6.04 Å². The number of fused-ring (bicyclic) bond motifs is 1. The maximum Gasteiger partial charge on any atom is 0.193 e. The third kappa shape index (κ3) is 4.15. The topological polar surface area (TPSA) is 73.3 Å². The molecule has 142 valence electrons. The molecule has 0 saturated heterocycles. The highest BCUT2D eigenvalue weighted by atomic mass is 16.5. The molecule has 4 aromatic rings. The van der Waals surface area contributed by atoms with E-state index >= 15 is 0 Å². The lowest BCUT2D eigenvalue weighted by molar-refractivity contribution is 0.414. The summed E-state index contributed by atoms with van der Waals surface area (Å²) in [5.41, 5.74) is 8.48. The summed E-state index contributed by atoms with van der Waals surface area (Å²) in [6, 6.07) is 20.1. The average molecular weight is 373 g/mol. The summed E-state index contributed by atoms with van der Waals surface area (Å²) >= 11 is 0. The number of anilines is 1. The lowest BCUT2D eigenvalue weighted by Crippen LogP contribution is -2.31. The Morgan fingerprint density at radius 1 is 1.04 bits per heavy atom. The second-order valence-corrected chi connectivity index (χ2v) is 6.79. The zero-order valence-corrected chi connectivity index (χ0v) is 15.8. The Balaban J connectivity index is 1.37. The largest absolute Gasteiger partial charge is 0.497 e. The number of hydrogen-bond donors (Lipinski definition) is 2. The van der Waals surface area contributed by atoms with Crippen molar-refractivity contribution in [3.05, 3.63) is 78.6 Å². The predicted octanol–water partition coefficient (Wildman–Crippen LogP) is 4.49. The molecule has 5 nitrogen and oxygen atoms in total. The summed E-state index contributed by atoms with van der Waals surface area (Å²) in [4.78, 5) is 4.15. The number of aromatic nitrogens is 1. The molecular formula is C23H23N3O2. The maximum absolute atomic E-state index is 6.26. The van der Waals surface area contributed by atoms with Gasteiger partial charge in [0.15, 0.2) is 5.88 Å². The van der Waals surface area contributed by atoms with Crippen LogP contribution in [0.5, 0.6) is 5.75 Å². The number of furan rings is 1. The zero-order valence-electron chi connectivity index (χ0n) is 15.8. The summed E-state index contributed by atoms with van der Waals surface area (Å²) in [6.45, 7) is 0.627. The third-order valence-corrected chi connectivity index (χ3v) is 4.73. The van der Waals surface area contributed by atoms with Crippen molar-refractivity contribution < 1.29 is 9.15 Å². The van der Waals surface area contributed by atoms with Crippen LogP contribution >= 0.6 is 0 Å². The van der Waals surface area contributed by atoms with Gasteiger partial charge in [-0.1, -0.05) is 24.3 Å². The van der Waals surface area contributed by atoms with Crippen LogP contribution in [-0.2, 0) is 6.42 Å². The van der Waals surface area contributed by atoms with Crippen LogP contribution in [0.15, 0.2) is 77.5 Å². The van der Waals surface area contributed by atoms with Gasteiger partial charge in [-0.05, 0) is 47.7 Å². The van der Waals surface area contributed by atoms with Crippen molar-refractivity contribution in [3.8, 4) is 17.1 Å². The van der Waals surface area contributed by atoms with E-state index in [4.69, 9.17) is 14.9 Å². The Kier molecular flexibility index (Phi) is 5.26. The number of hydrogen-bond acceptors (Lipinski definition) is 5. The minimum atomic E-state index is -0.0184. The molecule has 3 N–H and O–H groups in total. The number of methoxy groups -OCH3 is 1. The molecule has 0 bridgehead atoms. The fourth-order valence-electron chi connectivity index (χ4n) is 3.19. The molecule has 0 aliphatic heterocycles. The summed E-state index contributed by atoms with van der Waals surface area (Å²) in [6.07, 6.45) is 4.44. The molecule has 4 rings (SSSR count). The molecule has 28 heavy (non-hydrogen) atoms. The molecule has 2 heterocycles. The number of rotatable bonds is 7. The number of benzene rings is 2. The summed E-state index contributed by atoms with van der Waals surface area (Å²) in [7, 11) is 1.66. The molecule has 1 atom stereocenters. The van der Waals surface area contributed by atoms with Crippen molar-refractivity contribution in [2.75, 3.05) is 19.0 Å². The summed E-state index contributed by atoms with van der Waals surface area (Å²) in [5.74, 6) is 2.39. The van der Waals surface area contributed by atoms with E-state index in [1.165, 1.54) is 5.56 Å². The van der Waals surface area contributed by atoms with E-state index in [9.17, 15) is 0 Å². The van der Waals surface area contributed by atoms with E-state index in [0.717, 1.165) is 40.2 Å². The summed E-state index contributed by atoms with van der Waals surface area (Å²) < 4.78 is 11.1. The smallest absolute Gasteiger partial charge is 0.193 e. The highest BCUT2D eigenvalue weighted by Crippen LogP contribution is 2.27. The quantitative estimate of drug-likeness (QED) is 0.499. The normalized spacial score (nSPS) is 12.1. The zero-order chi connectivity index (χ0) is 19.3. The second kappa shape index (κ2) is 8.15. The number of nitrogens with one attached hydrogen (secondary N) is 1. The highest BCUT2D eigenvalue weighted by molar-refractivity contribution is 5.85. The van der Waals surface area contributed by atoms with Gasteiger partial charge in [0.2, 0.25) is 0 Å². The van der Waals surface area contributed by atoms with Gasteiger partial charge in [-0.2, -0.15) is 0 Å². The van der Waals surface area contributed by atoms with Crippen molar-refractivity contribution in [2.24, 2.45) is 5.73 Å². The van der Waals surface area contributed by atoms with Gasteiger partial charge in [0.05, 0.1) is 7.11 Å². The standard InChI is InChI=1S/C23H23N3O2/c1-27-21-6-2-16(3-7-21)12-20(24)15-26-23-9-8-22(28-23)18-4-5-19-14-25-11-10-17(19)13-18/h2-11,13-14,20,26H,12,15,24H2,1H3/t20-/m0/s1. The van der Waals surface area contributed by atoms with E-state index in [2.05, 4.69) is 22.4 Å². The monoisotopic (exact) mass is 373 g/mol. The Hall–Kier alpha value is -3.31. The molecule has 0 unspecified atom stereocenters. The number of nitrogens with two attached hydrogens (primary N) is 1. The fourth-order valence-corrected chi connectivity index (χ4v) is 3.19. The van der Waals surface area contributed by atoms with Crippen molar-refractivity contribution in [3.63, 3.8) is 0 Å². The van der Waals surface area contributed by atoms with Gasteiger partial charge in [-0.15, -0.1) is 0 Å². The van der Waals surface area contributed by atoms with Gasteiger partial charge < -0.3 is 20.2 Å². The Bertz CT molecular complexity index is 1060. The van der Waals surface area contributed by atoms with Crippen LogP contribution in [-0.4, -0.2) is 24.7 Å². The lowest BCUT2D eigenvalue weighted by atomic mass is 10.1. The van der Waals surface area contributed by atoms with Crippen LogP contribution in [0.2, 0.25) is 0 Å². The van der Waals surface area contributed by atoms with Crippen molar-refractivity contribution in [1.29, 1.82) is 0 Å². The lowest BCUT2D eigenvalue weighted by Gasteiger charge is -2.12. The average Bonchev–Trinajstić information content (AvgIpc) is 3.21. The molecule has 2 aromatic heterocycles. The van der Waals surface area contributed by atoms with Crippen molar-refractivity contribution in [2.45, 2.75) is 12.5 Å². The Labute approximate surface area is 164 Å². The van der Waals surface area contributed by atoms with Crippen LogP contribution in [0.3, 0.4) is 0 Å². The van der Waals surface area contributed by atoms with Gasteiger partial charge >= 0.3 is 0 Å². The van der Waals surface area contributed by atoms with Crippen LogP contribution < -0.4 is 15.8 Å². The molecule has 0 spiro atoms.